The first-order chi connectivity index (χ1) is 12.0. The number of carbonyl (C=O) groups is 2. The number of rotatable bonds is 2. The number of nitrogens with zero attached hydrogens (tertiary/aromatic N) is 2. The van der Waals surface area contributed by atoms with Gasteiger partial charge in [-0.25, -0.2) is 13.2 Å². The molecule has 1 aliphatic rings. The van der Waals surface area contributed by atoms with E-state index in [9.17, 15) is 22.8 Å². The van der Waals surface area contributed by atoms with E-state index in [1.165, 1.54) is 0 Å². The average Bonchev–Trinajstić information content (AvgIpc) is 2.82. The van der Waals surface area contributed by atoms with Crippen molar-refractivity contribution in [2.45, 2.75) is 6.42 Å². The average molecular weight is 348 g/mol. The molecule has 25 heavy (non-hydrogen) atoms. The molecule has 1 saturated heterocycles. The van der Waals surface area contributed by atoms with Crippen molar-refractivity contribution >= 4 is 17.5 Å². The van der Waals surface area contributed by atoms with Crippen molar-refractivity contribution in [3.05, 3.63) is 65.5 Å². The van der Waals surface area contributed by atoms with Crippen LogP contribution in [0.3, 0.4) is 0 Å². The molecule has 0 saturated carbocycles. The zero-order valence-corrected chi connectivity index (χ0v) is 13.2. The van der Waals surface area contributed by atoms with Crippen LogP contribution in [0.1, 0.15) is 16.8 Å². The lowest BCUT2D eigenvalue weighted by atomic mass is 10.1. The summed E-state index contributed by atoms with van der Waals surface area (Å²) >= 11 is 0. The Morgan fingerprint density at radius 1 is 0.920 bits per heavy atom. The normalized spacial score (nSPS) is 15.2. The summed E-state index contributed by atoms with van der Waals surface area (Å²) in [6.07, 6.45) is 0.484. The second-order valence-corrected chi connectivity index (χ2v) is 5.68. The molecule has 7 heteroatoms. The molecule has 0 aromatic heterocycles. The zero-order valence-electron chi connectivity index (χ0n) is 13.2. The number of amides is 2. The van der Waals surface area contributed by atoms with E-state index in [2.05, 4.69) is 0 Å². The highest BCUT2D eigenvalue weighted by atomic mass is 19.2. The minimum absolute atomic E-state index is 0.215. The van der Waals surface area contributed by atoms with E-state index in [1.54, 1.807) is 29.2 Å². The van der Waals surface area contributed by atoms with E-state index in [4.69, 9.17) is 0 Å². The Balaban J connectivity index is 1.82. The molecule has 3 rings (SSSR count). The van der Waals surface area contributed by atoms with Gasteiger partial charge in [0.05, 0.1) is 5.56 Å². The van der Waals surface area contributed by atoms with E-state index in [1.807, 2.05) is 6.07 Å². The van der Waals surface area contributed by atoms with Gasteiger partial charge in [-0.1, -0.05) is 18.2 Å². The van der Waals surface area contributed by atoms with Crippen LogP contribution in [0, 0.1) is 17.5 Å². The molecule has 4 nitrogen and oxygen atoms in total. The van der Waals surface area contributed by atoms with Crippen LogP contribution in [-0.2, 0) is 4.79 Å². The van der Waals surface area contributed by atoms with Crippen LogP contribution in [0.25, 0.3) is 0 Å². The number of hydrogen-bond donors (Lipinski definition) is 0. The summed E-state index contributed by atoms with van der Waals surface area (Å²) in [5, 5.41) is 0. The van der Waals surface area contributed by atoms with E-state index in [0.29, 0.717) is 24.7 Å². The Morgan fingerprint density at radius 2 is 1.64 bits per heavy atom. The van der Waals surface area contributed by atoms with E-state index < -0.39 is 28.9 Å². The summed E-state index contributed by atoms with van der Waals surface area (Å²) < 4.78 is 40.2. The van der Waals surface area contributed by atoms with Gasteiger partial charge in [-0.2, -0.15) is 0 Å². The summed E-state index contributed by atoms with van der Waals surface area (Å²) in [6.45, 7) is 0.366. The quantitative estimate of drug-likeness (QED) is 0.783. The summed E-state index contributed by atoms with van der Waals surface area (Å²) in [5.74, 6) is -5.75. The lowest BCUT2D eigenvalue weighted by molar-refractivity contribution is -0.118. The molecule has 1 heterocycles. The zero-order chi connectivity index (χ0) is 18.0. The van der Waals surface area contributed by atoms with Crippen LogP contribution in [0.15, 0.2) is 42.5 Å². The molecule has 0 spiro atoms. The molecule has 0 radical (unpaired) electrons. The first-order valence-corrected chi connectivity index (χ1v) is 7.77. The molecule has 0 atom stereocenters. The molecule has 130 valence electrons. The topological polar surface area (TPSA) is 40.6 Å². The Bertz CT molecular complexity index is 811. The molecular weight excluding hydrogens is 333 g/mol. The van der Waals surface area contributed by atoms with Gasteiger partial charge in [0.1, 0.15) is 6.54 Å². The summed E-state index contributed by atoms with van der Waals surface area (Å²) in [6, 6.07) is 10.6. The Labute approximate surface area is 142 Å². The van der Waals surface area contributed by atoms with Gasteiger partial charge in [-0.05, 0) is 30.7 Å². The molecule has 1 aliphatic heterocycles. The van der Waals surface area contributed by atoms with Crippen molar-refractivity contribution in [3.63, 3.8) is 0 Å². The number of carbonyl (C=O) groups excluding carboxylic acids is 2. The Hall–Kier alpha value is -2.83. The van der Waals surface area contributed by atoms with E-state index >= 15 is 0 Å². The fourth-order valence-corrected chi connectivity index (χ4v) is 2.79. The molecule has 2 aromatic carbocycles. The van der Waals surface area contributed by atoms with E-state index in [0.717, 1.165) is 11.0 Å². The van der Waals surface area contributed by atoms with Gasteiger partial charge in [0.15, 0.2) is 17.5 Å². The highest BCUT2D eigenvalue weighted by Crippen LogP contribution is 2.20. The summed E-state index contributed by atoms with van der Waals surface area (Å²) in [7, 11) is 0. The van der Waals surface area contributed by atoms with Crippen LogP contribution in [0.4, 0.5) is 18.9 Å². The number of anilines is 1. The smallest absolute Gasteiger partial charge is 0.257 e. The van der Waals surface area contributed by atoms with Crippen molar-refractivity contribution in [2.24, 2.45) is 0 Å². The van der Waals surface area contributed by atoms with Gasteiger partial charge in [-0.15, -0.1) is 0 Å². The summed E-state index contributed by atoms with van der Waals surface area (Å²) in [4.78, 5) is 27.6. The monoisotopic (exact) mass is 348 g/mol. The third-order valence-corrected chi connectivity index (χ3v) is 4.06. The highest BCUT2D eigenvalue weighted by Gasteiger charge is 2.29. The predicted molar refractivity (Wildman–Crippen MR) is 85.6 cm³/mol. The van der Waals surface area contributed by atoms with Crippen LogP contribution in [0.2, 0.25) is 0 Å². The third kappa shape index (κ3) is 3.35. The van der Waals surface area contributed by atoms with E-state index in [-0.39, 0.29) is 19.0 Å². The second-order valence-electron chi connectivity index (χ2n) is 5.68. The molecule has 2 aromatic rings. The Morgan fingerprint density at radius 3 is 2.36 bits per heavy atom. The number of hydrogen-bond acceptors (Lipinski definition) is 2. The lowest BCUT2D eigenvalue weighted by Gasteiger charge is -2.22. The van der Waals surface area contributed by atoms with Gasteiger partial charge < -0.3 is 9.80 Å². The first-order valence-electron chi connectivity index (χ1n) is 7.77. The third-order valence-electron chi connectivity index (χ3n) is 4.06. The fourth-order valence-electron chi connectivity index (χ4n) is 2.79. The first kappa shape index (κ1) is 17.0. The van der Waals surface area contributed by atoms with Crippen LogP contribution in [0.5, 0.6) is 0 Å². The second kappa shape index (κ2) is 6.96. The highest BCUT2D eigenvalue weighted by molar-refractivity contribution is 6.01. The number of para-hydroxylation sites is 1. The predicted octanol–water partition coefficient (Wildman–Crippen LogP) is 2.98. The van der Waals surface area contributed by atoms with Crippen molar-refractivity contribution in [2.75, 3.05) is 24.5 Å². The van der Waals surface area contributed by atoms with Gasteiger partial charge in [-0.3, -0.25) is 9.59 Å². The van der Waals surface area contributed by atoms with Gasteiger partial charge in [0, 0.05) is 18.8 Å². The van der Waals surface area contributed by atoms with Gasteiger partial charge >= 0.3 is 0 Å². The van der Waals surface area contributed by atoms with Crippen molar-refractivity contribution < 1.29 is 22.8 Å². The molecule has 2 amide bonds. The lowest BCUT2D eigenvalue weighted by Crippen LogP contribution is -2.39. The van der Waals surface area contributed by atoms with Crippen molar-refractivity contribution in [3.8, 4) is 0 Å². The maximum atomic E-state index is 13.9. The molecule has 0 unspecified atom stereocenters. The molecule has 1 fully saturated rings. The van der Waals surface area contributed by atoms with Gasteiger partial charge in [0.25, 0.3) is 5.91 Å². The van der Waals surface area contributed by atoms with Gasteiger partial charge in [0.2, 0.25) is 5.91 Å². The summed E-state index contributed by atoms with van der Waals surface area (Å²) in [5.41, 5.74) is 0.126. The minimum Gasteiger partial charge on any atom is -0.329 e. The number of halogens is 3. The SMILES string of the molecule is O=C(c1ccc(F)c(F)c1F)N1CCCN(c2ccccc2)C(=O)C1. The minimum atomic E-state index is -1.70. The van der Waals surface area contributed by atoms with Crippen molar-refractivity contribution in [1.29, 1.82) is 0 Å². The molecule has 0 aliphatic carbocycles. The van der Waals surface area contributed by atoms with Crippen molar-refractivity contribution in [1.82, 2.24) is 4.90 Å². The fraction of sp³-hybridized carbons (Fsp3) is 0.222. The Kier molecular flexibility index (Phi) is 4.74. The number of benzene rings is 2. The maximum absolute atomic E-state index is 13.9. The molecule has 0 bridgehead atoms. The molecule has 0 N–H and O–H groups in total. The standard InChI is InChI=1S/C18H15F3N2O2/c19-14-8-7-13(16(20)17(14)21)18(25)22-9-4-10-23(15(24)11-22)12-5-2-1-3-6-12/h1-3,5-8H,4,9-11H2. The van der Waals surface area contributed by atoms with Crippen LogP contribution in [-0.4, -0.2) is 36.3 Å². The van der Waals surface area contributed by atoms with Crippen LogP contribution >= 0.6 is 0 Å². The maximum Gasteiger partial charge on any atom is 0.257 e. The van der Waals surface area contributed by atoms with Crippen LogP contribution < -0.4 is 4.90 Å². The largest absolute Gasteiger partial charge is 0.329 e. The molecular formula is C18H15F3N2O2.